The Balaban J connectivity index is 0.000000189. The number of hydrogen-bond donors (Lipinski definition) is 2. The lowest BCUT2D eigenvalue weighted by atomic mass is 9.73. The number of benzene rings is 2. The molecule has 2 aliphatic rings. The summed E-state index contributed by atoms with van der Waals surface area (Å²) in [6.07, 6.45) is 7.73. The number of nitrogens with one attached hydrogen (secondary N) is 1. The normalized spacial score (nSPS) is 15.5. The zero-order chi connectivity index (χ0) is 38.1. The van der Waals surface area contributed by atoms with Crippen LogP contribution in [0.3, 0.4) is 0 Å². The van der Waals surface area contributed by atoms with E-state index in [2.05, 4.69) is 20.4 Å². The monoisotopic (exact) mass is 826 g/mol. The average Bonchev–Trinajstić information content (AvgIpc) is 3.59. The van der Waals surface area contributed by atoms with E-state index in [9.17, 15) is 9.59 Å². The van der Waals surface area contributed by atoms with Gasteiger partial charge in [0, 0.05) is 83.1 Å². The van der Waals surface area contributed by atoms with Crippen molar-refractivity contribution in [3.63, 3.8) is 0 Å². The van der Waals surface area contributed by atoms with E-state index in [0.29, 0.717) is 66.2 Å². The van der Waals surface area contributed by atoms with Crippen molar-refractivity contribution in [3.05, 3.63) is 106 Å². The van der Waals surface area contributed by atoms with Crippen LogP contribution in [0.2, 0.25) is 15.2 Å². The lowest BCUT2D eigenvalue weighted by molar-refractivity contribution is -0.127. The summed E-state index contributed by atoms with van der Waals surface area (Å²) in [5.41, 5.74) is 6.80. The summed E-state index contributed by atoms with van der Waals surface area (Å²) in [7, 11) is 1.78. The molecule has 0 saturated carbocycles. The smallest absolute Gasteiger partial charge is 0.240 e. The van der Waals surface area contributed by atoms with Gasteiger partial charge in [-0.15, -0.1) is 0 Å². The molecule has 7 rings (SSSR count). The van der Waals surface area contributed by atoms with Gasteiger partial charge in [0.15, 0.2) is 0 Å². The van der Waals surface area contributed by atoms with Crippen LogP contribution in [0.25, 0.3) is 0 Å². The molecule has 0 spiro atoms. The van der Waals surface area contributed by atoms with Gasteiger partial charge in [0.1, 0.15) is 10.2 Å². The first kappa shape index (κ1) is 39.9. The number of carbonyl (C=O) groups is 2. The number of nitrogens with two attached hydrogens (primary N) is 1. The molecule has 0 radical (unpaired) electrons. The highest BCUT2D eigenvalue weighted by atomic mass is 35.5. The Hall–Kier alpha value is -3.82. The van der Waals surface area contributed by atoms with Gasteiger partial charge in [0.25, 0.3) is 0 Å². The minimum Gasteiger partial charge on any atom is -0.419 e. The number of carbonyl (C=O) groups excluding carboxylic acids is 2. The maximum absolute atomic E-state index is 12.3. The Morgan fingerprint density at radius 1 is 0.852 bits per heavy atom. The number of aryl methyl sites for hydroxylation is 1. The molecule has 282 valence electrons. The highest BCUT2D eigenvalue weighted by molar-refractivity contribution is 7.99. The number of rotatable bonds is 10. The van der Waals surface area contributed by atoms with Crippen molar-refractivity contribution >= 4 is 75.8 Å². The van der Waals surface area contributed by atoms with Crippen LogP contribution < -0.4 is 15.8 Å². The van der Waals surface area contributed by atoms with E-state index in [-0.39, 0.29) is 17.7 Å². The molecule has 5 heterocycles. The quantitative estimate of drug-likeness (QED) is 0.131. The fourth-order valence-electron chi connectivity index (χ4n) is 5.93. The predicted octanol–water partition coefficient (Wildman–Crippen LogP) is 8.85. The second kappa shape index (κ2) is 18.7. The van der Waals surface area contributed by atoms with Crippen molar-refractivity contribution in [1.82, 2.24) is 19.7 Å². The first-order valence-electron chi connectivity index (χ1n) is 17.0. The minimum atomic E-state index is -0.689. The molecule has 3 aromatic heterocycles. The van der Waals surface area contributed by atoms with Gasteiger partial charge < -0.3 is 25.3 Å². The maximum Gasteiger partial charge on any atom is 0.240 e. The third-order valence-electron chi connectivity index (χ3n) is 8.90. The van der Waals surface area contributed by atoms with E-state index < -0.39 is 5.41 Å². The molecule has 11 nitrogen and oxygen atoms in total. The summed E-state index contributed by atoms with van der Waals surface area (Å²) in [6, 6.07) is 20.9. The molecule has 0 unspecified atom stereocenters. The number of ether oxygens (including phenoxy) is 3. The van der Waals surface area contributed by atoms with Crippen molar-refractivity contribution in [2.24, 2.45) is 18.7 Å². The SMILES string of the molecule is Cn1nccc1Oc1ncc(Sc2cccc(C3(C(N)=O)CCOCC3)c2)cc1Cl.O=C(Nc1cccc(Sc2cnc(Cl)c(Cl)c2)c1)C1CCOCC1. The molecule has 54 heavy (non-hydrogen) atoms. The molecule has 2 fully saturated rings. The van der Waals surface area contributed by atoms with Gasteiger partial charge in [-0.1, -0.05) is 76.5 Å². The van der Waals surface area contributed by atoms with E-state index in [1.165, 1.54) is 23.5 Å². The van der Waals surface area contributed by atoms with E-state index in [1.807, 2.05) is 48.5 Å². The van der Waals surface area contributed by atoms with Crippen LogP contribution in [0.15, 0.2) is 105 Å². The summed E-state index contributed by atoms with van der Waals surface area (Å²) in [6.45, 7) is 2.35. The van der Waals surface area contributed by atoms with E-state index in [0.717, 1.165) is 43.7 Å². The predicted molar refractivity (Wildman–Crippen MR) is 211 cm³/mol. The zero-order valence-electron chi connectivity index (χ0n) is 29.2. The van der Waals surface area contributed by atoms with Gasteiger partial charge in [0.05, 0.1) is 16.6 Å². The Morgan fingerprint density at radius 2 is 1.50 bits per heavy atom. The van der Waals surface area contributed by atoms with Crippen LogP contribution in [-0.2, 0) is 31.5 Å². The van der Waals surface area contributed by atoms with E-state index in [1.54, 1.807) is 48.5 Å². The number of hydrogen-bond acceptors (Lipinski definition) is 10. The van der Waals surface area contributed by atoms with Gasteiger partial charge in [-0.05, 0) is 73.7 Å². The number of nitrogens with zero attached hydrogens (tertiary/aromatic N) is 4. The van der Waals surface area contributed by atoms with Gasteiger partial charge in [-0.3, -0.25) is 9.59 Å². The number of amides is 2. The molecule has 2 amide bonds. The molecular formula is C38H37Cl3N6O5S2. The van der Waals surface area contributed by atoms with Crippen LogP contribution in [0.5, 0.6) is 11.8 Å². The van der Waals surface area contributed by atoms with Crippen molar-refractivity contribution in [2.45, 2.75) is 50.7 Å². The summed E-state index contributed by atoms with van der Waals surface area (Å²) in [5.74, 6) is 0.624. The molecule has 2 saturated heterocycles. The van der Waals surface area contributed by atoms with Crippen LogP contribution in [0.1, 0.15) is 31.2 Å². The number of halogens is 3. The molecular weight excluding hydrogens is 791 g/mol. The number of pyridine rings is 2. The largest absolute Gasteiger partial charge is 0.419 e. The molecule has 16 heteroatoms. The summed E-state index contributed by atoms with van der Waals surface area (Å²) < 4.78 is 18.0. The average molecular weight is 828 g/mol. The fourth-order valence-corrected chi connectivity index (χ4v) is 8.30. The zero-order valence-corrected chi connectivity index (χ0v) is 33.1. The fraction of sp³-hybridized carbons (Fsp3) is 0.289. The molecule has 5 aromatic rings. The van der Waals surface area contributed by atoms with Gasteiger partial charge in [-0.2, -0.15) is 5.10 Å². The van der Waals surface area contributed by atoms with Crippen LogP contribution in [0.4, 0.5) is 5.69 Å². The second-order valence-corrected chi connectivity index (χ2v) is 16.0. The summed E-state index contributed by atoms with van der Waals surface area (Å²) >= 11 is 21.2. The lowest BCUT2D eigenvalue weighted by Crippen LogP contribution is -2.45. The van der Waals surface area contributed by atoms with Gasteiger partial charge >= 0.3 is 0 Å². The standard InChI is InChI=1S/C21H21ClN4O3S.C17H16Cl2N2O2S/c1-26-18(5-8-25-26)29-19-17(22)12-16(13-24-19)30-15-4-2-3-14(11-15)21(20(23)27)6-9-28-10-7-21;18-15-9-14(10-20-16(15)19)24-13-3-1-2-12(8-13)21-17(22)11-4-6-23-7-5-11/h2-5,8,11-13H,6-7,9-10H2,1H3,(H2,23,27);1-3,8-11H,4-7H2,(H,21,22). The molecule has 2 aromatic carbocycles. The summed E-state index contributed by atoms with van der Waals surface area (Å²) in [5, 5.41) is 8.15. The van der Waals surface area contributed by atoms with E-state index >= 15 is 0 Å². The van der Waals surface area contributed by atoms with Crippen molar-refractivity contribution in [3.8, 4) is 11.8 Å². The van der Waals surface area contributed by atoms with Crippen LogP contribution >= 0.6 is 58.3 Å². The van der Waals surface area contributed by atoms with Crippen molar-refractivity contribution in [2.75, 3.05) is 31.7 Å². The van der Waals surface area contributed by atoms with Crippen molar-refractivity contribution in [1.29, 1.82) is 0 Å². The molecule has 0 aliphatic carbocycles. The summed E-state index contributed by atoms with van der Waals surface area (Å²) in [4.78, 5) is 36.7. The highest BCUT2D eigenvalue weighted by Crippen LogP contribution is 2.39. The Kier molecular flexibility index (Phi) is 13.8. The lowest BCUT2D eigenvalue weighted by Gasteiger charge is -2.34. The van der Waals surface area contributed by atoms with Crippen LogP contribution in [-0.4, -0.2) is 58.0 Å². The Labute approximate surface area is 336 Å². The molecule has 2 aliphatic heterocycles. The van der Waals surface area contributed by atoms with Crippen LogP contribution in [0, 0.1) is 5.92 Å². The van der Waals surface area contributed by atoms with Gasteiger partial charge in [0.2, 0.25) is 23.6 Å². The highest BCUT2D eigenvalue weighted by Gasteiger charge is 2.40. The third-order valence-corrected chi connectivity index (χ3v) is 11.8. The third kappa shape index (κ3) is 10.3. The topological polar surface area (TPSA) is 143 Å². The molecule has 0 atom stereocenters. The minimum absolute atomic E-state index is 0.0225. The first-order valence-corrected chi connectivity index (χ1v) is 19.8. The first-order chi connectivity index (χ1) is 26.1. The molecule has 3 N–H and O–H groups in total. The van der Waals surface area contributed by atoms with E-state index in [4.69, 9.17) is 54.7 Å². The maximum atomic E-state index is 12.3. The molecule has 0 bridgehead atoms. The second-order valence-electron chi connectivity index (χ2n) is 12.5. The number of anilines is 1. The number of aromatic nitrogens is 4. The Bertz CT molecular complexity index is 2090. The van der Waals surface area contributed by atoms with Gasteiger partial charge in [-0.25, -0.2) is 14.6 Å². The number of primary amides is 1. The van der Waals surface area contributed by atoms with Crippen molar-refractivity contribution < 1.29 is 23.8 Å². The Morgan fingerprint density at radius 3 is 2.15 bits per heavy atom.